The van der Waals surface area contributed by atoms with E-state index in [0.29, 0.717) is 15.7 Å². The van der Waals surface area contributed by atoms with Crippen LogP contribution >= 0.6 is 34.9 Å². The standard InChI is InChI=1S/C15H13ClF2N4S2/c1-15(4-5-15)21-24-8-6-9(16)10-2-3-11(22(10)7-8)13-19-20-14(23-13)12(17)18/h2-3,6-7,12,21H,4-5H2,1H3. The molecule has 4 nitrogen and oxygen atoms in total. The Bertz CT molecular complexity index is 904. The average Bonchev–Trinajstić information content (AvgIpc) is 2.96. The highest BCUT2D eigenvalue weighted by Gasteiger charge is 2.37. The minimum atomic E-state index is -2.61. The molecule has 126 valence electrons. The molecule has 0 unspecified atom stereocenters. The van der Waals surface area contributed by atoms with E-state index in [0.717, 1.165) is 34.6 Å². The van der Waals surface area contributed by atoms with Crippen molar-refractivity contribution in [2.24, 2.45) is 0 Å². The summed E-state index contributed by atoms with van der Waals surface area (Å²) in [7, 11) is 0. The lowest BCUT2D eigenvalue weighted by Crippen LogP contribution is -2.19. The molecule has 1 aliphatic rings. The number of halogens is 3. The third-order valence-corrected chi connectivity index (χ3v) is 6.26. The summed E-state index contributed by atoms with van der Waals surface area (Å²) in [6.07, 6.45) is 1.64. The number of rotatable bonds is 5. The predicted molar refractivity (Wildman–Crippen MR) is 92.9 cm³/mol. The Morgan fingerprint density at radius 1 is 1.38 bits per heavy atom. The van der Waals surface area contributed by atoms with Crippen LogP contribution in [0.2, 0.25) is 5.02 Å². The molecular weight excluding hydrogens is 374 g/mol. The summed E-state index contributed by atoms with van der Waals surface area (Å²) in [5, 5.41) is 8.22. The van der Waals surface area contributed by atoms with Crippen LogP contribution in [0.5, 0.6) is 0 Å². The second-order valence-corrected chi connectivity index (χ2v) is 8.30. The number of fused-ring (bicyclic) bond motifs is 1. The Kier molecular flexibility index (Phi) is 4.03. The van der Waals surface area contributed by atoms with Crippen LogP contribution in [0.25, 0.3) is 16.2 Å². The molecular formula is C15H13ClF2N4S2. The van der Waals surface area contributed by atoms with Crippen LogP contribution < -0.4 is 4.72 Å². The monoisotopic (exact) mass is 386 g/mol. The lowest BCUT2D eigenvalue weighted by Gasteiger charge is -2.11. The van der Waals surface area contributed by atoms with E-state index in [1.54, 1.807) is 0 Å². The highest BCUT2D eigenvalue weighted by Crippen LogP contribution is 2.38. The average molecular weight is 387 g/mol. The molecule has 0 aliphatic heterocycles. The summed E-state index contributed by atoms with van der Waals surface area (Å²) < 4.78 is 30.8. The molecule has 3 aromatic rings. The summed E-state index contributed by atoms with van der Waals surface area (Å²) >= 11 is 8.79. The van der Waals surface area contributed by atoms with Gasteiger partial charge in [-0.25, -0.2) is 8.78 Å². The molecule has 1 saturated carbocycles. The largest absolute Gasteiger partial charge is 0.312 e. The Labute approximate surface area is 150 Å². The van der Waals surface area contributed by atoms with Gasteiger partial charge in [-0.3, -0.25) is 4.72 Å². The number of hydrogen-bond acceptors (Lipinski definition) is 5. The zero-order valence-corrected chi connectivity index (χ0v) is 15.0. The summed E-state index contributed by atoms with van der Waals surface area (Å²) in [6, 6.07) is 5.57. The molecule has 1 fully saturated rings. The number of alkyl halides is 2. The third kappa shape index (κ3) is 3.03. The first-order chi connectivity index (χ1) is 11.5. The molecule has 1 N–H and O–H groups in total. The van der Waals surface area contributed by atoms with Crippen molar-refractivity contribution in [3.8, 4) is 10.7 Å². The van der Waals surface area contributed by atoms with Gasteiger partial charge in [-0.15, -0.1) is 10.2 Å². The van der Waals surface area contributed by atoms with Gasteiger partial charge >= 0.3 is 0 Å². The van der Waals surface area contributed by atoms with Crippen LogP contribution in [0.4, 0.5) is 8.78 Å². The van der Waals surface area contributed by atoms with Crippen molar-refractivity contribution < 1.29 is 8.78 Å². The van der Waals surface area contributed by atoms with E-state index in [-0.39, 0.29) is 10.5 Å². The smallest absolute Gasteiger partial charge is 0.291 e. The van der Waals surface area contributed by atoms with E-state index >= 15 is 0 Å². The van der Waals surface area contributed by atoms with Gasteiger partial charge in [0.15, 0.2) is 10.0 Å². The molecule has 24 heavy (non-hydrogen) atoms. The third-order valence-electron chi connectivity index (χ3n) is 3.95. The lowest BCUT2D eigenvalue weighted by molar-refractivity contribution is 0.150. The summed E-state index contributed by atoms with van der Waals surface area (Å²) in [5.41, 5.74) is 1.70. The van der Waals surface area contributed by atoms with Gasteiger partial charge in [-0.1, -0.05) is 22.9 Å². The summed E-state index contributed by atoms with van der Waals surface area (Å²) in [4.78, 5) is 0.955. The lowest BCUT2D eigenvalue weighted by atomic mass is 10.4. The fraction of sp³-hybridized carbons (Fsp3) is 0.333. The SMILES string of the molecule is CC1(NSc2cc(Cl)c3ccc(-c4nnc(C(F)F)s4)n3c2)CC1. The maximum atomic E-state index is 12.8. The zero-order valence-electron chi connectivity index (χ0n) is 12.6. The van der Waals surface area contributed by atoms with Crippen LogP contribution in [0, 0.1) is 0 Å². The number of nitrogens with one attached hydrogen (secondary N) is 1. The quantitative estimate of drug-likeness (QED) is 0.612. The minimum Gasteiger partial charge on any atom is -0.312 e. The van der Waals surface area contributed by atoms with Crippen molar-refractivity contribution in [2.45, 2.75) is 36.6 Å². The van der Waals surface area contributed by atoms with Crippen LogP contribution in [0.1, 0.15) is 31.2 Å². The van der Waals surface area contributed by atoms with Gasteiger partial charge in [0.2, 0.25) is 0 Å². The normalized spacial score (nSPS) is 16.2. The first kappa shape index (κ1) is 16.3. The molecule has 0 spiro atoms. The van der Waals surface area contributed by atoms with Crippen molar-refractivity contribution in [1.29, 1.82) is 0 Å². The second kappa shape index (κ2) is 5.94. The van der Waals surface area contributed by atoms with Crippen LogP contribution in [-0.4, -0.2) is 20.1 Å². The van der Waals surface area contributed by atoms with E-state index in [9.17, 15) is 8.78 Å². The van der Waals surface area contributed by atoms with Crippen molar-refractivity contribution in [3.63, 3.8) is 0 Å². The maximum absolute atomic E-state index is 12.8. The topological polar surface area (TPSA) is 42.2 Å². The fourth-order valence-electron chi connectivity index (χ4n) is 2.27. The number of hydrogen-bond donors (Lipinski definition) is 1. The van der Waals surface area contributed by atoms with Gasteiger partial charge in [0.1, 0.15) is 0 Å². The van der Waals surface area contributed by atoms with Crippen LogP contribution in [0.3, 0.4) is 0 Å². The fourth-order valence-corrected chi connectivity index (χ4v) is 4.23. The van der Waals surface area contributed by atoms with Gasteiger partial charge in [-0.05, 0) is 49.9 Å². The van der Waals surface area contributed by atoms with Crippen LogP contribution in [0.15, 0.2) is 29.3 Å². The molecule has 0 amide bonds. The number of aromatic nitrogens is 3. The predicted octanol–water partition coefficient (Wildman–Crippen LogP) is 5.20. The molecule has 0 bridgehead atoms. The van der Waals surface area contributed by atoms with Gasteiger partial charge in [0.25, 0.3) is 6.43 Å². The Hall–Kier alpha value is -1.22. The van der Waals surface area contributed by atoms with E-state index in [4.69, 9.17) is 11.6 Å². The van der Waals surface area contributed by atoms with Gasteiger partial charge < -0.3 is 4.40 Å². The first-order valence-corrected chi connectivity index (χ1v) is 9.33. The van der Waals surface area contributed by atoms with E-state index in [1.807, 2.05) is 28.8 Å². The molecule has 0 saturated heterocycles. The van der Waals surface area contributed by atoms with E-state index in [1.165, 1.54) is 11.9 Å². The van der Waals surface area contributed by atoms with Crippen molar-refractivity contribution in [3.05, 3.63) is 34.4 Å². The molecule has 3 aromatic heterocycles. The van der Waals surface area contributed by atoms with Gasteiger partial charge in [0, 0.05) is 16.6 Å². The molecule has 3 heterocycles. The van der Waals surface area contributed by atoms with Crippen molar-refractivity contribution in [1.82, 2.24) is 19.3 Å². The van der Waals surface area contributed by atoms with E-state index in [2.05, 4.69) is 21.8 Å². The molecule has 9 heteroatoms. The van der Waals surface area contributed by atoms with Crippen molar-refractivity contribution in [2.75, 3.05) is 0 Å². The maximum Gasteiger partial charge on any atom is 0.291 e. The molecule has 0 aromatic carbocycles. The van der Waals surface area contributed by atoms with E-state index < -0.39 is 6.43 Å². The number of nitrogens with zero attached hydrogens (tertiary/aromatic N) is 3. The van der Waals surface area contributed by atoms with Crippen LogP contribution in [-0.2, 0) is 0 Å². The highest BCUT2D eigenvalue weighted by atomic mass is 35.5. The van der Waals surface area contributed by atoms with Gasteiger partial charge in [-0.2, -0.15) is 0 Å². The molecule has 1 aliphatic carbocycles. The Balaban J connectivity index is 1.71. The zero-order chi connectivity index (χ0) is 16.9. The highest BCUT2D eigenvalue weighted by molar-refractivity contribution is 7.97. The molecule has 4 rings (SSSR count). The second-order valence-electron chi connectivity index (χ2n) is 6.01. The Morgan fingerprint density at radius 3 is 2.83 bits per heavy atom. The van der Waals surface area contributed by atoms with Crippen molar-refractivity contribution >= 4 is 40.4 Å². The minimum absolute atomic E-state index is 0.191. The summed E-state index contributed by atoms with van der Waals surface area (Å²) in [5.74, 6) is 0. The molecule has 0 radical (unpaired) electrons. The number of pyridine rings is 1. The van der Waals surface area contributed by atoms with Gasteiger partial charge in [0.05, 0.1) is 16.2 Å². The molecule has 0 atom stereocenters. The first-order valence-electron chi connectivity index (χ1n) is 7.32. The Morgan fingerprint density at radius 2 is 2.17 bits per heavy atom. The summed E-state index contributed by atoms with van der Waals surface area (Å²) in [6.45, 7) is 2.17.